The predicted octanol–water partition coefficient (Wildman–Crippen LogP) is 4.56. The van der Waals surface area contributed by atoms with Gasteiger partial charge in [0.25, 0.3) is 0 Å². The fourth-order valence-electron chi connectivity index (χ4n) is 3.70. The largest absolute Gasteiger partial charge is 0.456 e. The Morgan fingerprint density at radius 2 is 1.71 bits per heavy atom. The second-order valence-electron chi connectivity index (χ2n) is 8.59. The molecule has 1 unspecified atom stereocenters. The SMILES string of the molecule is CC1=C(NC(N)=O)C(c2ccccc2)CCN=C1c1ccc(C(=O)OC(C)(C)C)cc1. The van der Waals surface area contributed by atoms with Gasteiger partial charge in [0.05, 0.1) is 11.3 Å². The average molecular weight is 420 g/mol. The molecular formula is C25H29N3O3. The standard InChI is InChI=1S/C25H29N3O3/c1-16-21(18-10-12-19(13-11-18)23(29)31-25(2,3)4)27-15-14-20(22(16)28-24(26)30)17-8-6-5-7-9-17/h5-13,20H,14-15H2,1-4H3,(H3,26,28,30). The zero-order chi connectivity index (χ0) is 22.6. The number of amides is 2. The van der Waals surface area contributed by atoms with Crippen molar-refractivity contribution >= 4 is 17.7 Å². The first kappa shape index (κ1) is 22.3. The Bertz CT molecular complexity index is 1020. The number of hydrogen-bond acceptors (Lipinski definition) is 4. The molecule has 6 nitrogen and oxygen atoms in total. The summed E-state index contributed by atoms with van der Waals surface area (Å²) in [5.74, 6) is -0.384. The summed E-state index contributed by atoms with van der Waals surface area (Å²) in [4.78, 5) is 28.9. The number of benzene rings is 2. The molecular weight excluding hydrogens is 390 g/mol. The van der Waals surface area contributed by atoms with E-state index in [4.69, 9.17) is 15.5 Å². The highest BCUT2D eigenvalue weighted by atomic mass is 16.6. The molecule has 2 aromatic rings. The highest BCUT2D eigenvalue weighted by Gasteiger charge is 2.25. The van der Waals surface area contributed by atoms with Crippen molar-refractivity contribution in [3.05, 3.63) is 82.6 Å². The van der Waals surface area contributed by atoms with Gasteiger partial charge in [0.1, 0.15) is 5.60 Å². The highest BCUT2D eigenvalue weighted by molar-refractivity contribution is 6.13. The van der Waals surface area contributed by atoms with Gasteiger partial charge in [-0.1, -0.05) is 42.5 Å². The van der Waals surface area contributed by atoms with Gasteiger partial charge in [0, 0.05) is 23.7 Å². The third-order valence-electron chi connectivity index (χ3n) is 5.05. The highest BCUT2D eigenvalue weighted by Crippen LogP contribution is 2.32. The zero-order valence-electron chi connectivity index (χ0n) is 18.4. The van der Waals surface area contributed by atoms with Gasteiger partial charge in [0.15, 0.2) is 0 Å². The molecule has 3 N–H and O–H groups in total. The van der Waals surface area contributed by atoms with Crippen LogP contribution in [0.25, 0.3) is 0 Å². The number of allylic oxidation sites excluding steroid dienone is 2. The number of nitrogens with two attached hydrogens (primary N) is 1. The Labute approximate surface area is 183 Å². The third-order valence-corrected chi connectivity index (χ3v) is 5.05. The summed E-state index contributed by atoms with van der Waals surface area (Å²) < 4.78 is 5.43. The number of ether oxygens (including phenoxy) is 1. The van der Waals surface area contributed by atoms with E-state index < -0.39 is 11.6 Å². The van der Waals surface area contributed by atoms with Crippen molar-refractivity contribution in [2.24, 2.45) is 10.7 Å². The summed E-state index contributed by atoms with van der Waals surface area (Å²) in [6, 6.07) is 16.6. The minimum Gasteiger partial charge on any atom is -0.456 e. The van der Waals surface area contributed by atoms with Gasteiger partial charge < -0.3 is 15.8 Å². The molecule has 31 heavy (non-hydrogen) atoms. The van der Waals surface area contributed by atoms with Crippen LogP contribution in [-0.4, -0.2) is 29.9 Å². The third kappa shape index (κ3) is 5.60. The Hall–Kier alpha value is -3.41. The molecule has 0 saturated heterocycles. The van der Waals surface area contributed by atoms with Crippen molar-refractivity contribution in [1.82, 2.24) is 5.32 Å². The second kappa shape index (κ2) is 9.16. The number of rotatable bonds is 4. The number of carbonyl (C=O) groups excluding carboxylic acids is 2. The monoisotopic (exact) mass is 419 g/mol. The number of aliphatic imine (C=N–C) groups is 1. The van der Waals surface area contributed by atoms with E-state index in [1.807, 2.05) is 70.2 Å². The Morgan fingerprint density at radius 1 is 1.06 bits per heavy atom. The fourth-order valence-corrected chi connectivity index (χ4v) is 3.70. The summed E-state index contributed by atoms with van der Waals surface area (Å²) in [6.07, 6.45) is 0.746. The van der Waals surface area contributed by atoms with E-state index in [1.54, 1.807) is 12.1 Å². The van der Waals surface area contributed by atoms with Gasteiger partial charge in [0.2, 0.25) is 0 Å². The average Bonchev–Trinajstić information content (AvgIpc) is 2.86. The van der Waals surface area contributed by atoms with Gasteiger partial charge >= 0.3 is 12.0 Å². The van der Waals surface area contributed by atoms with Crippen LogP contribution in [0.15, 0.2) is 70.9 Å². The van der Waals surface area contributed by atoms with E-state index >= 15 is 0 Å². The Balaban J connectivity index is 1.96. The number of esters is 1. The molecule has 0 spiro atoms. The number of urea groups is 1. The minimum absolute atomic E-state index is 0.0176. The number of nitrogens with zero attached hydrogens (tertiary/aromatic N) is 1. The molecule has 0 fully saturated rings. The number of hydrogen-bond donors (Lipinski definition) is 2. The summed E-state index contributed by atoms with van der Waals surface area (Å²) in [5, 5.41) is 2.84. The number of primary amides is 1. The van der Waals surface area contributed by atoms with Crippen LogP contribution >= 0.6 is 0 Å². The molecule has 1 heterocycles. The lowest BCUT2D eigenvalue weighted by molar-refractivity contribution is 0.00695. The molecule has 1 aliphatic rings. The van der Waals surface area contributed by atoms with Crippen LogP contribution in [0.5, 0.6) is 0 Å². The van der Waals surface area contributed by atoms with Crippen molar-refractivity contribution in [2.75, 3.05) is 6.54 Å². The minimum atomic E-state index is -0.600. The second-order valence-corrected chi connectivity index (χ2v) is 8.59. The lowest BCUT2D eigenvalue weighted by Crippen LogP contribution is -2.32. The van der Waals surface area contributed by atoms with Gasteiger partial charge in [-0.3, -0.25) is 4.99 Å². The molecule has 0 aliphatic carbocycles. The zero-order valence-corrected chi connectivity index (χ0v) is 18.4. The van der Waals surface area contributed by atoms with E-state index in [1.165, 1.54) is 0 Å². The first-order valence-electron chi connectivity index (χ1n) is 10.4. The van der Waals surface area contributed by atoms with Crippen LogP contribution in [0.2, 0.25) is 0 Å². The van der Waals surface area contributed by atoms with Crippen molar-refractivity contribution in [2.45, 2.75) is 45.6 Å². The number of nitrogens with one attached hydrogen (secondary N) is 1. The van der Waals surface area contributed by atoms with Gasteiger partial charge in [-0.05, 0) is 57.4 Å². The Morgan fingerprint density at radius 3 is 2.29 bits per heavy atom. The van der Waals surface area contributed by atoms with E-state index in [0.717, 1.165) is 34.5 Å². The summed E-state index contributed by atoms with van der Waals surface area (Å²) in [7, 11) is 0. The van der Waals surface area contributed by atoms with Crippen molar-refractivity contribution in [3.8, 4) is 0 Å². The fraction of sp³-hybridized carbons (Fsp3) is 0.320. The van der Waals surface area contributed by atoms with Crippen LogP contribution in [0.3, 0.4) is 0 Å². The van der Waals surface area contributed by atoms with Crippen LogP contribution in [-0.2, 0) is 4.74 Å². The summed E-state index contributed by atoms with van der Waals surface area (Å²) >= 11 is 0. The van der Waals surface area contributed by atoms with Gasteiger partial charge in [-0.2, -0.15) is 0 Å². The van der Waals surface area contributed by atoms with Crippen LogP contribution in [0.4, 0.5) is 4.79 Å². The normalized spacial score (nSPS) is 16.9. The first-order chi connectivity index (χ1) is 14.7. The maximum Gasteiger partial charge on any atom is 0.338 e. The molecule has 1 aliphatic heterocycles. The van der Waals surface area contributed by atoms with E-state index in [-0.39, 0.29) is 11.9 Å². The molecule has 2 amide bonds. The molecule has 162 valence electrons. The predicted molar refractivity (Wildman–Crippen MR) is 122 cm³/mol. The number of carbonyl (C=O) groups is 2. The van der Waals surface area contributed by atoms with Crippen molar-refractivity contribution < 1.29 is 14.3 Å². The van der Waals surface area contributed by atoms with Gasteiger partial charge in [-0.25, -0.2) is 9.59 Å². The van der Waals surface area contributed by atoms with Crippen LogP contribution in [0, 0.1) is 0 Å². The summed E-state index contributed by atoms with van der Waals surface area (Å²) in [6.45, 7) is 8.05. The van der Waals surface area contributed by atoms with E-state index in [9.17, 15) is 9.59 Å². The maximum atomic E-state index is 12.3. The molecule has 6 heteroatoms. The molecule has 0 saturated carbocycles. The lowest BCUT2D eigenvalue weighted by Gasteiger charge is -2.22. The summed E-state index contributed by atoms with van der Waals surface area (Å²) in [5.41, 5.74) is 9.77. The van der Waals surface area contributed by atoms with Crippen molar-refractivity contribution in [1.29, 1.82) is 0 Å². The van der Waals surface area contributed by atoms with Crippen LogP contribution in [0.1, 0.15) is 61.5 Å². The molecule has 1 atom stereocenters. The maximum absolute atomic E-state index is 12.3. The first-order valence-corrected chi connectivity index (χ1v) is 10.4. The molecule has 3 rings (SSSR count). The Kier molecular flexibility index (Phi) is 6.59. The molecule has 2 aromatic carbocycles. The van der Waals surface area contributed by atoms with E-state index in [2.05, 4.69) is 5.32 Å². The smallest absolute Gasteiger partial charge is 0.338 e. The van der Waals surface area contributed by atoms with E-state index in [0.29, 0.717) is 12.1 Å². The molecule has 0 radical (unpaired) electrons. The molecule has 0 aromatic heterocycles. The van der Waals surface area contributed by atoms with Crippen molar-refractivity contribution in [3.63, 3.8) is 0 Å². The van der Waals surface area contributed by atoms with Crippen LogP contribution < -0.4 is 11.1 Å². The van der Waals surface area contributed by atoms with Gasteiger partial charge in [-0.15, -0.1) is 0 Å². The topological polar surface area (TPSA) is 93.8 Å². The lowest BCUT2D eigenvalue weighted by atomic mass is 9.89. The molecule has 0 bridgehead atoms. The quantitative estimate of drug-likeness (QED) is 0.711.